The second kappa shape index (κ2) is 45.4. The smallest absolute Gasteiger partial charge is 0.303 e. The fraction of sp³-hybridized carbons (Fsp3) is 0.932. The third kappa shape index (κ3) is 53.2. The lowest BCUT2D eigenvalue weighted by Gasteiger charge is -2.03. The molecule has 0 radical (unpaired) electrons. The highest BCUT2D eigenvalue weighted by Crippen LogP contribution is 2.16. The Labute approximate surface area is 310 Å². The van der Waals surface area contributed by atoms with E-state index >= 15 is 0 Å². The Morgan fingerprint density at radius 1 is 0.240 bits per heavy atom. The zero-order valence-corrected chi connectivity index (χ0v) is 33.4. The summed E-state index contributed by atoms with van der Waals surface area (Å²) in [4.78, 5) is 31.1. The Morgan fingerprint density at radius 3 is 0.480 bits per heavy atom. The van der Waals surface area contributed by atoms with Gasteiger partial charge in [-0.25, -0.2) is 0 Å². The summed E-state index contributed by atoms with van der Waals surface area (Å²) in [5, 5.41) is 25.7. The van der Waals surface area contributed by atoms with Crippen LogP contribution in [0.4, 0.5) is 0 Å². The van der Waals surface area contributed by atoms with Crippen molar-refractivity contribution in [1.82, 2.24) is 0 Å². The maximum absolute atomic E-state index is 10.4. The Morgan fingerprint density at radius 2 is 0.360 bits per heavy atom. The molecule has 0 heterocycles. The molecule has 0 aromatic rings. The van der Waals surface area contributed by atoms with Crippen LogP contribution in [0.3, 0.4) is 0 Å². The molecule has 6 nitrogen and oxygen atoms in total. The van der Waals surface area contributed by atoms with Crippen molar-refractivity contribution in [3.8, 4) is 0 Å². The molecule has 0 aromatic carbocycles. The summed E-state index contributed by atoms with van der Waals surface area (Å²) in [5.41, 5.74) is 0. The SMILES string of the molecule is CCCCCCCCCCCCCCCCCCCCCC(=O)O.O=C(O)CCCCCCCCCCCCCCCCCCCCC(=O)O. The van der Waals surface area contributed by atoms with Gasteiger partial charge in [0.2, 0.25) is 0 Å². The highest BCUT2D eigenvalue weighted by Gasteiger charge is 2.00. The van der Waals surface area contributed by atoms with Crippen LogP contribution in [0.2, 0.25) is 0 Å². The molecule has 3 N–H and O–H groups in total. The van der Waals surface area contributed by atoms with Gasteiger partial charge >= 0.3 is 17.9 Å². The molecule has 0 aliphatic heterocycles. The summed E-state index contributed by atoms with van der Waals surface area (Å²) in [5.74, 6) is -1.99. The Bertz CT molecular complexity index is 662. The molecule has 6 heteroatoms. The largest absolute Gasteiger partial charge is 0.481 e. The molecule has 0 aliphatic carbocycles. The Kier molecular flexibility index (Phi) is 45.9. The van der Waals surface area contributed by atoms with Gasteiger partial charge in [-0.2, -0.15) is 0 Å². The van der Waals surface area contributed by atoms with Crippen LogP contribution in [-0.2, 0) is 14.4 Å². The number of aliphatic carboxylic acids is 3. The van der Waals surface area contributed by atoms with Crippen LogP contribution < -0.4 is 0 Å². The molecule has 0 atom stereocenters. The molecule has 0 unspecified atom stereocenters. The van der Waals surface area contributed by atoms with Crippen molar-refractivity contribution < 1.29 is 29.7 Å². The van der Waals surface area contributed by atoms with Gasteiger partial charge in [0.15, 0.2) is 0 Å². The first-order valence-electron chi connectivity index (χ1n) is 22.1. The number of carboxylic acids is 3. The van der Waals surface area contributed by atoms with Crippen LogP contribution in [0.5, 0.6) is 0 Å². The standard InChI is InChI=1S/C22H42O4.C22H44O2/c23-21(24)19-17-15-13-11-9-7-5-3-1-2-4-6-8-10-12-14-16-18-20-22(25)26;1-2-3-4-5-6-7-8-9-10-11-12-13-14-15-16-17-18-19-20-21-22(23)24/h1-20H2,(H,23,24)(H,25,26);2-21H2,1H3,(H,23,24). The fourth-order valence-corrected chi connectivity index (χ4v) is 6.74. The molecule has 50 heavy (non-hydrogen) atoms. The lowest BCUT2D eigenvalue weighted by molar-refractivity contribution is -0.138. The maximum Gasteiger partial charge on any atom is 0.303 e. The van der Waals surface area contributed by atoms with Crippen molar-refractivity contribution in [3.05, 3.63) is 0 Å². The molecule has 0 saturated heterocycles. The number of hydrogen-bond donors (Lipinski definition) is 3. The molecule has 0 spiro atoms. The van der Waals surface area contributed by atoms with E-state index in [1.165, 1.54) is 199 Å². The van der Waals surface area contributed by atoms with Gasteiger partial charge in [0.1, 0.15) is 0 Å². The van der Waals surface area contributed by atoms with Crippen molar-refractivity contribution >= 4 is 17.9 Å². The lowest BCUT2D eigenvalue weighted by atomic mass is 10.0. The summed E-state index contributed by atoms with van der Waals surface area (Å²) in [6, 6.07) is 0. The average molecular weight is 711 g/mol. The molecule has 298 valence electrons. The topological polar surface area (TPSA) is 112 Å². The van der Waals surface area contributed by atoms with Gasteiger partial charge in [0, 0.05) is 19.3 Å². The van der Waals surface area contributed by atoms with Crippen molar-refractivity contribution in [1.29, 1.82) is 0 Å². The van der Waals surface area contributed by atoms with E-state index in [4.69, 9.17) is 15.3 Å². The zero-order valence-electron chi connectivity index (χ0n) is 33.4. The van der Waals surface area contributed by atoms with E-state index in [0.717, 1.165) is 38.5 Å². The summed E-state index contributed by atoms with van der Waals surface area (Å²) >= 11 is 0. The van der Waals surface area contributed by atoms with E-state index in [1.807, 2.05) is 0 Å². The third-order valence-corrected chi connectivity index (χ3v) is 10.0. The van der Waals surface area contributed by atoms with Crippen molar-refractivity contribution in [3.63, 3.8) is 0 Å². The van der Waals surface area contributed by atoms with Crippen molar-refractivity contribution in [2.24, 2.45) is 0 Å². The molecule has 0 saturated carbocycles. The van der Waals surface area contributed by atoms with E-state index in [9.17, 15) is 14.4 Å². The van der Waals surface area contributed by atoms with Crippen LogP contribution in [0, 0.1) is 0 Å². The minimum Gasteiger partial charge on any atom is -0.481 e. The van der Waals surface area contributed by atoms with E-state index in [1.54, 1.807) is 0 Å². The second-order valence-electron chi connectivity index (χ2n) is 15.2. The van der Waals surface area contributed by atoms with Crippen LogP contribution >= 0.6 is 0 Å². The highest BCUT2D eigenvalue weighted by atomic mass is 16.4. The average Bonchev–Trinajstić information content (AvgIpc) is 3.08. The monoisotopic (exact) mass is 711 g/mol. The van der Waals surface area contributed by atoms with Gasteiger partial charge in [-0.1, -0.05) is 225 Å². The summed E-state index contributed by atoms with van der Waals surface area (Å²) < 4.78 is 0. The number of unbranched alkanes of at least 4 members (excludes halogenated alkanes) is 35. The van der Waals surface area contributed by atoms with Gasteiger partial charge in [0.05, 0.1) is 0 Å². The molecule has 0 fully saturated rings. The first-order chi connectivity index (χ1) is 24.4. The number of hydrogen-bond acceptors (Lipinski definition) is 3. The Hall–Kier alpha value is -1.59. The van der Waals surface area contributed by atoms with Gasteiger partial charge in [-0.15, -0.1) is 0 Å². The van der Waals surface area contributed by atoms with Crippen LogP contribution in [0.1, 0.15) is 264 Å². The maximum atomic E-state index is 10.4. The van der Waals surface area contributed by atoms with Gasteiger partial charge in [0.25, 0.3) is 0 Å². The van der Waals surface area contributed by atoms with E-state index in [2.05, 4.69) is 6.92 Å². The van der Waals surface area contributed by atoms with Gasteiger partial charge in [-0.05, 0) is 19.3 Å². The molecule has 0 bridgehead atoms. The molecule has 0 aliphatic rings. The van der Waals surface area contributed by atoms with Gasteiger partial charge < -0.3 is 15.3 Å². The highest BCUT2D eigenvalue weighted by molar-refractivity contribution is 5.67. The molecule has 0 aromatic heterocycles. The second-order valence-corrected chi connectivity index (χ2v) is 15.2. The minimum atomic E-state index is -0.669. The third-order valence-electron chi connectivity index (χ3n) is 10.0. The van der Waals surface area contributed by atoms with Crippen molar-refractivity contribution in [2.45, 2.75) is 264 Å². The molecular formula is C44H86O6. The van der Waals surface area contributed by atoms with E-state index in [-0.39, 0.29) is 0 Å². The molecule has 0 rings (SSSR count). The molecular weight excluding hydrogens is 624 g/mol. The van der Waals surface area contributed by atoms with Crippen LogP contribution in [0.25, 0.3) is 0 Å². The minimum absolute atomic E-state index is 0.326. The molecule has 0 amide bonds. The number of rotatable bonds is 41. The summed E-state index contributed by atoms with van der Waals surface area (Å²) in [6.45, 7) is 2.28. The van der Waals surface area contributed by atoms with Crippen LogP contribution in [-0.4, -0.2) is 33.2 Å². The van der Waals surface area contributed by atoms with Crippen LogP contribution in [0.15, 0.2) is 0 Å². The number of carboxylic acid groups (broad SMARTS) is 3. The number of carbonyl (C=O) groups is 3. The fourth-order valence-electron chi connectivity index (χ4n) is 6.74. The Balaban J connectivity index is 0. The zero-order chi connectivity index (χ0) is 37.0. The van der Waals surface area contributed by atoms with E-state index < -0.39 is 17.9 Å². The summed E-state index contributed by atoms with van der Waals surface area (Å²) in [7, 11) is 0. The van der Waals surface area contributed by atoms with Crippen molar-refractivity contribution in [2.75, 3.05) is 0 Å². The lowest BCUT2D eigenvalue weighted by Crippen LogP contribution is -1.93. The normalized spacial score (nSPS) is 11.0. The first-order valence-corrected chi connectivity index (χ1v) is 22.1. The predicted octanol–water partition coefficient (Wildman–Crippen LogP) is 14.9. The quantitative estimate of drug-likeness (QED) is 0.0545. The summed E-state index contributed by atoms with van der Waals surface area (Å²) in [6.07, 6.45) is 48.9. The first kappa shape index (κ1) is 50.5. The van der Waals surface area contributed by atoms with E-state index in [0.29, 0.717) is 19.3 Å². The predicted molar refractivity (Wildman–Crippen MR) is 213 cm³/mol. The van der Waals surface area contributed by atoms with Gasteiger partial charge in [-0.3, -0.25) is 14.4 Å².